The van der Waals surface area contributed by atoms with E-state index in [1.807, 2.05) is 47.2 Å². The molecule has 1 fully saturated rings. The predicted molar refractivity (Wildman–Crippen MR) is 123 cm³/mol. The van der Waals surface area contributed by atoms with Crippen molar-refractivity contribution < 1.29 is 19.1 Å². The van der Waals surface area contributed by atoms with Crippen molar-refractivity contribution >= 4 is 45.5 Å². The number of methoxy groups -OCH3 is 1. The Hall–Kier alpha value is -3.85. The van der Waals surface area contributed by atoms with Crippen LogP contribution in [0.1, 0.15) is 5.69 Å². The molecule has 3 aromatic rings. The standard InChI is InChI=1S/C23H19BrN4O4/c1-32-20-7-3-2-6-18(20)25-21(29)14-28-22(30)19(26-23(28)31)13-17-5-4-12-27(17)16-10-8-15(24)9-11-16/h2-13H,14H2,1H3,(H,25,29)(H,26,31)/b19-13+. The van der Waals surface area contributed by atoms with Gasteiger partial charge in [0.2, 0.25) is 5.91 Å². The number of nitrogens with one attached hydrogen (secondary N) is 2. The van der Waals surface area contributed by atoms with Crippen LogP contribution in [0.4, 0.5) is 10.5 Å². The number of para-hydroxylation sites is 2. The second-order valence-corrected chi connectivity index (χ2v) is 7.82. The molecular weight excluding hydrogens is 476 g/mol. The monoisotopic (exact) mass is 494 g/mol. The van der Waals surface area contributed by atoms with E-state index < -0.39 is 24.4 Å². The Kier molecular flexibility index (Phi) is 6.09. The van der Waals surface area contributed by atoms with Gasteiger partial charge in [0, 0.05) is 22.1 Å². The lowest BCUT2D eigenvalue weighted by atomic mass is 10.2. The zero-order chi connectivity index (χ0) is 22.7. The van der Waals surface area contributed by atoms with Crippen LogP contribution in [0.15, 0.2) is 77.0 Å². The average molecular weight is 495 g/mol. The quantitative estimate of drug-likeness (QED) is 0.402. The Balaban J connectivity index is 1.50. The molecule has 162 valence electrons. The summed E-state index contributed by atoms with van der Waals surface area (Å²) in [5, 5.41) is 5.20. The van der Waals surface area contributed by atoms with Gasteiger partial charge in [0.05, 0.1) is 12.8 Å². The first-order chi connectivity index (χ1) is 15.5. The molecule has 0 spiro atoms. The number of aromatic nitrogens is 1. The first-order valence-electron chi connectivity index (χ1n) is 9.67. The molecule has 1 aliphatic rings. The molecule has 2 N–H and O–H groups in total. The van der Waals surface area contributed by atoms with Gasteiger partial charge in [-0.15, -0.1) is 0 Å². The zero-order valence-corrected chi connectivity index (χ0v) is 18.6. The number of benzene rings is 2. The van der Waals surface area contributed by atoms with Crippen molar-refractivity contribution in [2.45, 2.75) is 0 Å². The van der Waals surface area contributed by atoms with Gasteiger partial charge in [-0.3, -0.25) is 9.59 Å². The number of hydrogen-bond donors (Lipinski definition) is 2. The van der Waals surface area contributed by atoms with Crippen LogP contribution in [0.5, 0.6) is 5.75 Å². The van der Waals surface area contributed by atoms with Crippen molar-refractivity contribution in [3.63, 3.8) is 0 Å². The minimum atomic E-state index is -0.654. The Morgan fingerprint density at radius 3 is 2.59 bits per heavy atom. The van der Waals surface area contributed by atoms with Gasteiger partial charge in [0.15, 0.2) is 0 Å². The molecule has 2 heterocycles. The van der Waals surface area contributed by atoms with Crippen LogP contribution in [-0.2, 0) is 9.59 Å². The lowest BCUT2D eigenvalue weighted by molar-refractivity contribution is -0.127. The molecule has 8 nitrogen and oxygen atoms in total. The first kappa shape index (κ1) is 21.4. The molecule has 4 amide bonds. The Labute approximate surface area is 192 Å². The van der Waals surface area contributed by atoms with E-state index in [1.165, 1.54) is 7.11 Å². The van der Waals surface area contributed by atoms with E-state index in [-0.39, 0.29) is 5.70 Å². The summed E-state index contributed by atoms with van der Waals surface area (Å²) in [6.07, 6.45) is 3.44. The molecule has 0 aliphatic carbocycles. The van der Waals surface area contributed by atoms with E-state index in [1.54, 1.807) is 30.3 Å². The number of nitrogens with zero attached hydrogens (tertiary/aromatic N) is 2. The predicted octanol–water partition coefficient (Wildman–Crippen LogP) is 3.78. The molecule has 0 atom stereocenters. The summed E-state index contributed by atoms with van der Waals surface area (Å²) in [7, 11) is 1.49. The number of amides is 4. The maximum atomic E-state index is 12.8. The molecule has 0 unspecified atom stereocenters. The summed E-state index contributed by atoms with van der Waals surface area (Å²) in [5.41, 5.74) is 2.15. The normalized spacial score (nSPS) is 14.6. The maximum absolute atomic E-state index is 12.8. The topological polar surface area (TPSA) is 92.7 Å². The lowest BCUT2D eigenvalue weighted by Crippen LogP contribution is -2.38. The number of hydrogen-bond acceptors (Lipinski definition) is 4. The van der Waals surface area contributed by atoms with E-state index in [2.05, 4.69) is 26.6 Å². The molecule has 4 rings (SSSR count). The van der Waals surface area contributed by atoms with Crippen LogP contribution in [0.3, 0.4) is 0 Å². The summed E-state index contributed by atoms with van der Waals surface area (Å²) in [4.78, 5) is 38.5. The van der Waals surface area contributed by atoms with E-state index in [0.29, 0.717) is 17.1 Å². The fraction of sp³-hybridized carbons (Fsp3) is 0.0870. The fourth-order valence-electron chi connectivity index (χ4n) is 3.29. The smallest absolute Gasteiger partial charge is 0.329 e. The Bertz CT molecular complexity index is 1220. The number of anilines is 1. The van der Waals surface area contributed by atoms with Gasteiger partial charge < -0.3 is 19.9 Å². The largest absolute Gasteiger partial charge is 0.495 e. The summed E-state index contributed by atoms with van der Waals surface area (Å²) < 4.78 is 8.04. The highest BCUT2D eigenvalue weighted by molar-refractivity contribution is 9.10. The van der Waals surface area contributed by atoms with E-state index in [4.69, 9.17) is 4.74 Å². The molecule has 0 bridgehead atoms. The molecule has 0 radical (unpaired) electrons. The van der Waals surface area contributed by atoms with E-state index in [9.17, 15) is 14.4 Å². The zero-order valence-electron chi connectivity index (χ0n) is 17.0. The van der Waals surface area contributed by atoms with Crippen molar-refractivity contribution in [3.05, 3.63) is 82.7 Å². The van der Waals surface area contributed by atoms with Crippen LogP contribution >= 0.6 is 15.9 Å². The van der Waals surface area contributed by atoms with E-state index in [0.717, 1.165) is 15.1 Å². The molecule has 1 aromatic heterocycles. The van der Waals surface area contributed by atoms with Crippen molar-refractivity contribution in [2.75, 3.05) is 19.0 Å². The van der Waals surface area contributed by atoms with Gasteiger partial charge >= 0.3 is 6.03 Å². The Morgan fingerprint density at radius 1 is 1.09 bits per heavy atom. The SMILES string of the molecule is COc1ccccc1NC(=O)CN1C(=O)N/C(=C/c2cccn2-c2ccc(Br)cc2)C1=O. The van der Waals surface area contributed by atoms with Crippen LogP contribution in [0, 0.1) is 0 Å². The second-order valence-electron chi connectivity index (χ2n) is 6.91. The van der Waals surface area contributed by atoms with Crippen molar-refractivity contribution in [1.82, 2.24) is 14.8 Å². The minimum Gasteiger partial charge on any atom is -0.495 e. The van der Waals surface area contributed by atoms with Crippen LogP contribution in [0.25, 0.3) is 11.8 Å². The van der Waals surface area contributed by atoms with Gasteiger partial charge in [0.1, 0.15) is 18.0 Å². The first-order valence-corrected chi connectivity index (χ1v) is 10.5. The average Bonchev–Trinajstić information content (AvgIpc) is 3.35. The van der Waals surface area contributed by atoms with Crippen LogP contribution in [0.2, 0.25) is 0 Å². The van der Waals surface area contributed by atoms with Gasteiger partial charge in [0.25, 0.3) is 5.91 Å². The molecule has 2 aromatic carbocycles. The van der Waals surface area contributed by atoms with Gasteiger partial charge in [-0.2, -0.15) is 0 Å². The second kappa shape index (κ2) is 9.11. The molecule has 1 aliphatic heterocycles. The van der Waals surface area contributed by atoms with E-state index >= 15 is 0 Å². The van der Waals surface area contributed by atoms with Crippen molar-refractivity contribution in [3.8, 4) is 11.4 Å². The summed E-state index contributed by atoms with van der Waals surface area (Å²) >= 11 is 3.41. The number of halogens is 1. The number of urea groups is 1. The maximum Gasteiger partial charge on any atom is 0.329 e. The van der Waals surface area contributed by atoms with Crippen molar-refractivity contribution in [2.24, 2.45) is 0 Å². The molecule has 32 heavy (non-hydrogen) atoms. The van der Waals surface area contributed by atoms with Gasteiger partial charge in [-0.05, 0) is 54.6 Å². The number of rotatable bonds is 6. The highest BCUT2D eigenvalue weighted by Gasteiger charge is 2.35. The van der Waals surface area contributed by atoms with Crippen molar-refractivity contribution in [1.29, 1.82) is 0 Å². The molecule has 1 saturated heterocycles. The fourth-order valence-corrected chi connectivity index (χ4v) is 3.56. The lowest BCUT2D eigenvalue weighted by Gasteiger charge is -2.13. The third kappa shape index (κ3) is 4.42. The molecule has 0 saturated carbocycles. The van der Waals surface area contributed by atoms with Crippen LogP contribution < -0.4 is 15.4 Å². The summed E-state index contributed by atoms with van der Waals surface area (Å²) in [5.74, 6) is -0.612. The third-order valence-corrected chi connectivity index (χ3v) is 5.35. The van der Waals surface area contributed by atoms with Crippen LogP contribution in [-0.4, -0.2) is 41.0 Å². The Morgan fingerprint density at radius 2 is 1.84 bits per heavy atom. The number of carbonyl (C=O) groups excluding carboxylic acids is 3. The third-order valence-electron chi connectivity index (χ3n) is 4.82. The van der Waals surface area contributed by atoms with Gasteiger partial charge in [-0.25, -0.2) is 9.69 Å². The molecular formula is C23H19BrN4O4. The summed E-state index contributed by atoms with van der Waals surface area (Å²) in [6.45, 7) is -0.423. The highest BCUT2D eigenvalue weighted by Crippen LogP contribution is 2.23. The number of ether oxygens (including phenoxy) is 1. The minimum absolute atomic E-state index is 0.0946. The number of carbonyl (C=O) groups is 3. The molecule has 9 heteroatoms. The number of imide groups is 1. The summed E-state index contributed by atoms with van der Waals surface area (Å²) in [6, 6.07) is 17.6. The highest BCUT2D eigenvalue weighted by atomic mass is 79.9. The van der Waals surface area contributed by atoms with Gasteiger partial charge in [-0.1, -0.05) is 28.1 Å².